The lowest BCUT2D eigenvalue weighted by atomic mass is 10.2. The van der Waals surface area contributed by atoms with Crippen molar-refractivity contribution in [1.29, 1.82) is 0 Å². The van der Waals surface area contributed by atoms with Gasteiger partial charge in [0.05, 0.1) is 23.7 Å². The van der Waals surface area contributed by atoms with Crippen molar-refractivity contribution in [1.82, 2.24) is 19.0 Å². The first-order chi connectivity index (χ1) is 15.4. The van der Waals surface area contributed by atoms with Crippen LogP contribution in [0.15, 0.2) is 66.7 Å². The molecule has 4 rings (SSSR count). The highest BCUT2D eigenvalue weighted by atomic mass is 32.2. The molecular formula is C23H27N5O3S. The molecule has 0 unspecified atom stereocenters. The molecule has 1 saturated heterocycles. The maximum atomic E-state index is 12.7. The molecule has 0 aliphatic carbocycles. The molecule has 3 aromatic rings. The topological polar surface area (TPSA) is 87.5 Å². The van der Waals surface area contributed by atoms with Gasteiger partial charge in [0.15, 0.2) is 0 Å². The summed E-state index contributed by atoms with van der Waals surface area (Å²) in [5.41, 5.74) is 2.45. The summed E-state index contributed by atoms with van der Waals surface area (Å²) in [5.74, 6) is 0.461. The van der Waals surface area contributed by atoms with Crippen molar-refractivity contribution in [3.63, 3.8) is 0 Å². The Hall–Kier alpha value is -3.01. The number of carbonyl (C=O) groups excluding carboxylic acids is 1. The van der Waals surface area contributed by atoms with Gasteiger partial charge in [-0.25, -0.2) is 13.1 Å². The van der Waals surface area contributed by atoms with Gasteiger partial charge in [0, 0.05) is 32.2 Å². The van der Waals surface area contributed by atoms with E-state index in [1.54, 1.807) is 4.68 Å². The molecule has 32 heavy (non-hydrogen) atoms. The molecule has 1 aliphatic heterocycles. The zero-order valence-corrected chi connectivity index (χ0v) is 18.8. The Balaban J connectivity index is 1.32. The van der Waals surface area contributed by atoms with Crippen molar-refractivity contribution in [2.75, 3.05) is 38.0 Å². The number of hydrogen-bond acceptors (Lipinski definition) is 5. The Bertz CT molecular complexity index is 1150. The van der Waals surface area contributed by atoms with Crippen LogP contribution in [0.25, 0.3) is 5.69 Å². The molecule has 8 nitrogen and oxygen atoms in total. The van der Waals surface area contributed by atoms with Crippen LogP contribution in [0, 0.1) is 6.92 Å². The minimum absolute atomic E-state index is 0.00282. The molecule has 2 aromatic carbocycles. The summed E-state index contributed by atoms with van der Waals surface area (Å²) in [4.78, 5) is 14.6. The number of nitrogens with one attached hydrogen (secondary N) is 1. The van der Waals surface area contributed by atoms with E-state index in [0.29, 0.717) is 32.0 Å². The molecule has 0 spiro atoms. The number of anilines is 1. The Labute approximate surface area is 188 Å². The monoisotopic (exact) mass is 453 g/mol. The smallest absolute Gasteiger partial charge is 0.239 e. The quantitative estimate of drug-likeness (QED) is 0.593. The lowest BCUT2D eigenvalue weighted by molar-refractivity contribution is -0.117. The highest BCUT2D eigenvalue weighted by molar-refractivity contribution is 7.88. The van der Waals surface area contributed by atoms with E-state index in [1.807, 2.05) is 78.6 Å². The average molecular weight is 454 g/mol. The predicted octanol–water partition coefficient (Wildman–Crippen LogP) is 2.27. The predicted molar refractivity (Wildman–Crippen MR) is 124 cm³/mol. The van der Waals surface area contributed by atoms with Crippen LogP contribution in [0.4, 0.5) is 5.82 Å². The minimum Gasteiger partial charge on any atom is -0.309 e. The first-order valence-corrected chi connectivity index (χ1v) is 12.2. The second-order valence-electron chi connectivity index (χ2n) is 7.88. The van der Waals surface area contributed by atoms with Crippen molar-refractivity contribution in [2.45, 2.75) is 12.7 Å². The zero-order chi connectivity index (χ0) is 22.6. The van der Waals surface area contributed by atoms with E-state index in [1.165, 1.54) is 4.31 Å². The fourth-order valence-corrected chi connectivity index (χ4v) is 5.30. The molecule has 168 valence electrons. The van der Waals surface area contributed by atoms with Gasteiger partial charge in [-0.3, -0.25) is 9.69 Å². The lowest BCUT2D eigenvalue weighted by Crippen LogP contribution is -2.50. The molecule has 9 heteroatoms. The molecule has 2 heterocycles. The Morgan fingerprint density at radius 1 is 0.969 bits per heavy atom. The van der Waals surface area contributed by atoms with Crippen LogP contribution in [-0.2, 0) is 20.6 Å². The van der Waals surface area contributed by atoms with Crippen molar-refractivity contribution >= 4 is 21.7 Å². The van der Waals surface area contributed by atoms with Crippen LogP contribution in [0.1, 0.15) is 11.3 Å². The third-order valence-electron chi connectivity index (χ3n) is 5.38. The maximum Gasteiger partial charge on any atom is 0.239 e. The number of aromatic nitrogens is 2. The lowest BCUT2D eigenvalue weighted by Gasteiger charge is -2.33. The summed E-state index contributed by atoms with van der Waals surface area (Å²) in [7, 11) is -3.38. The molecule has 0 atom stereocenters. The Morgan fingerprint density at radius 3 is 2.25 bits per heavy atom. The summed E-state index contributed by atoms with van der Waals surface area (Å²) >= 11 is 0. The normalized spacial score (nSPS) is 15.5. The standard InChI is InChI=1S/C23H27N5O3S/c1-19-16-22(28(25-19)21-10-6-3-7-11-21)24-23(29)17-26-12-14-27(15-13-26)32(30,31)18-20-8-4-2-5-9-20/h2-11,16H,12-15,17-18H2,1H3,(H,24,29). The summed E-state index contributed by atoms with van der Waals surface area (Å²) in [6, 6.07) is 20.6. The molecule has 1 aliphatic rings. The van der Waals surface area contributed by atoms with Gasteiger partial charge >= 0.3 is 0 Å². The van der Waals surface area contributed by atoms with E-state index in [9.17, 15) is 13.2 Å². The van der Waals surface area contributed by atoms with E-state index >= 15 is 0 Å². The summed E-state index contributed by atoms with van der Waals surface area (Å²) < 4.78 is 28.7. The van der Waals surface area contributed by atoms with Crippen LogP contribution < -0.4 is 5.32 Å². The fourth-order valence-electron chi connectivity index (χ4n) is 3.78. The number of rotatable bonds is 7. The number of hydrogen-bond donors (Lipinski definition) is 1. The molecule has 1 amide bonds. The number of sulfonamides is 1. The van der Waals surface area contributed by atoms with Crippen molar-refractivity contribution in [3.8, 4) is 5.69 Å². The average Bonchev–Trinajstić information content (AvgIpc) is 3.15. The van der Waals surface area contributed by atoms with Crippen molar-refractivity contribution in [3.05, 3.63) is 78.0 Å². The van der Waals surface area contributed by atoms with Gasteiger partial charge in [-0.1, -0.05) is 48.5 Å². The van der Waals surface area contributed by atoms with Gasteiger partial charge < -0.3 is 5.32 Å². The van der Waals surface area contributed by atoms with E-state index in [-0.39, 0.29) is 18.2 Å². The van der Waals surface area contributed by atoms with E-state index in [2.05, 4.69) is 10.4 Å². The summed E-state index contributed by atoms with van der Waals surface area (Å²) in [6.07, 6.45) is 0. The third kappa shape index (κ3) is 5.42. The zero-order valence-electron chi connectivity index (χ0n) is 18.0. The number of para-hydroxylation sites is 1. The fraction of sp³-hybridized carbons (Fsp3) is 0.304. The number of nitrogens with zero attached hydrogens (tertiary/aromatic N) is 4. The first kappa shape index (κ1) is 22.2. The number of piperazine rings is 1. The second kappa shape index (κ2) is 9.64. The summed E-state index contributed by atoms with van der Waals surface area (Å²) in [5, 5.41) is 7.41. The van der Waals surface area contributed by atoms with Crippen LogP contribution >= 0.6 is 0 Å². The van der Waals surface area contributed by atoms with E-state index < -0.39 is 10.0 Å². The number of aryl methyl sites for hydroxylation is 1. The molecule has 0 radical (unpaired) electrons. The van der Waals surface area contributed by atoms with Gasteiger partial charge in [0.1, 0.15) is 5.82 Å². The Morgan fingerprint density at radius 2 is 1.59 bits per heavy atom. The van der Waals surface area contributed by atoms with Crippen LogP contribution in [0.3, 0.4) is 0 Å². The minimum atomic E-state index is -3.38. The molecule has 1 aromatic heterocycles. The van der Waals surface area contributed by atoms with Crippen LogP contribution in [0.2, 0.25) is 0 Å². The van der Waals surface area contributed by atoms with Gasteiger partial charge in [0.2, 0.25) is 15.9 Å². The van der Waals surface area contributed by atoms with Crippen molar-refractivity contribution in [2.24, 2.45) is 0 Å². The van der Waals surface area contributed by atoms with Crippen LogP contribution in [0.5, 0.6) is 0 Å². The molecule has 0 bridgehead atoms. The van der Waals surface area contributed by atoms with Crippen LogP contribution in [-0.4, -0.2) is 66.0 Å². The van der Waals surface area contributed by atoms with Crippen molar-refractivity contribution < 1.29 is 13.2 Å². The van der Waals surface area contributed by atoms with E-state index in [4.69, 9.17) is 0 Å². The van der Waals surface area contributed by atoms with Gasteiger partial charge in [-0.15, -0.1) is 0 Å². The number of amides is 1. The van der Waals surface area contributed by atoms with E-state index in [0.717, 1.165) is 16.9 Å². The highest BCUT2D eigenvalue weighted by Crippen LogP contribution is 2.17. The molecular weight excluding hydrogens is 426 g/mol. The number of carbonyl (C=O) groups is 1. The molecule has 0 saturated carbocycles. The highest BCUT2D eigenvalue weighted by Gasteiger charge is 2.28. The molecule has 1 fully saturated rings. The second-order valence-corrected chi connectivity index (χ2v) is 9.85. The largest absolute Gasteiger partial charge is 0.309 e. The van der Waals surface area contributed by atoms with Gasteiger partial charge in [-0.05, 0) is 24.6 Å². The SMILES string of the molecule is Cc1cc(NC(=O)CN2CCN(S(=O)(=O)Cc3ccccc3)CC2)n(-c2ccccc2)n1. The first-order valence-electron chi connectivity index (χ1n) is 10.6. The van der Waals surface area contributed by atoms with Gasteiger partial charge in [-0.2, -0.15) is 9.40 Å². The Kier molecular flexibility index (Phi) is 6.69. The maximum absolute atomic E-state index is 12.7. The summed E-state index contributed by atoms with van der Waals surface area (Å²) in [6.45, 7) is 3.86. The molecule has 1 N–H and O–H groups in total. The number of benzene rings is 2. The third-order valence-corrected chi connectivity index (χ3v) is 7.23. The van der Waals surface area contributed by atoms with Gasteiger partial charge in [0.25, 0.3) is 0 Å².